The summed E-state index contributed by atoms with van der Waals surface area (Å²) in [5, 5.41) is 10.7. The first-order valence-electron chi connectivity index (χ1n) is 7.82. The fraction of sp³-hybridized carbons (Fsp3) is 0.438. The number of carbonyl (C=O) groups excluding carboxylic acids is 1. The van der Waals surface area contributed by atoms with Gasteiger partial charge in [-0.05, 0) is 31.2 Å². The number of benzene rings is 1. The van der Waals surface area contributed by atoms with Crippen molar-refractivity contribution in [3.05, 3.63) is 35.1 Å². The van der Waals surface area contributed by atoms with Crippen molar-refractivity contribution in [3.63, 3.8) is 0 Å². The van der Waals surface area contributed by atoms with Crippen molar-refractivity contribution in [1.29, 1.82) is 0 Å². The lowest BCUT2D eigenvalue weighted by Gasteiger charge is -2.23. The molecule has 25 heavy (non-hydrogen) atoms. The number of hydrogen-bond acceptors (Lipinski definition) is 6. The number of aromatic nitrogens is 2. The average molecular weight is 387 g/mol. The molecule has 2 unspecified atom stereocenters. The van der Waals surface area contributed by atoms with Gasteiger partial charge in [0.2, 0.25) is 5.91 Å². The minimum Gasteiger partial charge on any atom is -0.378 e. The number of ether oxygens (including phenoxy) is 1. The Labute approximate surface area is 156 Å². The van der Waals surface area contributed by atoms with E-state index in [0.717, 1.165) is 12.1 Å². The molecule has 2 heterocycles. The van der Waals surface area contributed by atoms with E-state index in [9.17, 15) is 4.79 Å². The van der Waals surface area contributed by atoms with Gasteiger partial charge in [0.15, 0.2) is 5.82 Å². The lowest BCUT2D eigenvalue weighted by Crippen LogP contribution is -2.44. The maximum atomic E-state index is 12.1. The minimum absolute atomic E-state index is 0. The van der Waals surface area contributed by atoms with Crippen molar-refractivity contribution in [2.45, 2.75) is 25.4 Å². The summed E-state index contributed by atoms with van der Waals surface area (Å²) in [7, 11) is 0. The van der Waals surface area contributed by atoms with Crippen LogP contribution in [0.3, 0.4) is 0 Å². The topological polar surface area (TPSA) is 89.3 Å². The molecular formula is C16H20Cl2N4O3. The fourth-order valence-corrected chi connectivity index (χ4v) is 2.59. The summed E-state index contributed by atoms with van der Waals surface area (Å²) in [4.78, 5) is 16.4. The second-order valence-corrected chi connectivity index (χ2v) is 6.12. The standard InChI is InChI=1S/C16H19ClN4O3.ClH/c1-10(19-14(22)8-13-9-23-7-6-18-13)15-20-16(24-21-15)11-2-4-12(17)5-3-11;/h2-5,10,13,18H,6-9H2,1H3,(H,19,22);1H. The first-order chi connectivity index (χ1) is 11.6. The third kappa shape index (κ3) is 5.40. The Kier molecular flexibility index (Phi) is 7.19. The highest BCUT2D eigenvalue weighted by Crippen LogP contribution is 2.21. The molecule has 1 fully saturated rings. The summed E-state index contributed by atoms with van der Waals surface area (Å²) in [6, 6.07) is 6.82. The SMILES string of the molecule is CC(NC(=O)CC1COCCN1)c1noc(-c2ccc(Cl)cc2)n1.Cl. The van der Waals surface area contributed by atoms with Crippen LogP contribution in [0.2, 0.25) is 5.02 Å². The summed E-state index contributed by atoms with van der Waals surface area (Å²) in [6.07, 6.45) is 0.353. The van der Waals surface area contributed by atoms with Gasteiger partial charge in [0.25, 0.3) is 5.89 Å². The van der Waals surface area contributed by atoms with Crippen molar-refractivity contribution in [2.24, 2.45) is 0 Å². The molecule has 1 amide bonds. The maximum absolute atomic E-state index is 12.1. The van der Waals surface area contributed by atoms with Crippen LogP contribution < -0.4 is 10.6 Å². The normalized spacial score (nSPS) is 18.2. The Morgan fingerprint density at radius 1 is 1.44 bits per heavy atom. The second-order valence-electron chi connectivity index (χ2n) is 5.68. The highest BCUT2D eigenvalue weighted by Gasteiger charge is 2.20. The molecule has 1 aromatic heterocycles. The molecule has 0 bridgehead atoms. The van der Waals surface area contributed by atoms with Gasteiger partial charge in [-0.1, -0.05) is 16.8 Å². The van der Waals surface area contributed by atoms with E-state index in [1.807, 2.05) is 6.92 Å². The number of morpholine rings is 1. The summed E-state index contributed by atoms with van der Waals surface area (Å²) >= 11 is 5.86. The molecule has 3 rings (SSSR count). The van der Waals surface area contributed by atoms with Crippen LogP contribution in [0, 0.1) is 0 Å². The predicted molar refractivity (Wildman–Crippen MR) is 95.8 cm³/mol. The van der Waals surface area contributed by atoms with Crippen molar-refractivity contribution >= 4 is 29.9 Å². The van der Waals surface area contributed by atoms with Crippen molar-refractivity contribution in [2.75, 3.05) is 19.8 Å². The van der Waals surface area contributed by atoms with Crippen LogP contribution in [-0.4, -0.2) is 41.8 Å². The second kappa shape index (κ2) is 9.15. The van der Waals surface area contributed by atoms with Gasteiger partial charge in [0, 0.05) is 29.6 Å². The quantitative estimate of drug-likeness (QED) is 0.819. The number of hydrogen-bond donors (Lipinski definition) is 2. The zero-order valence-electron chi connectivity index (χ0n) is 13.7. The molecule has 136 valence electrons. The van der Waals surface area contributed by atoms with Crippen LogP contribution in [0.15, 0.2) is 28.8 Å². The van der Waals surface area contributed by atoms with Gasteiger partial charge in [0.05, 0.1) is 19.3 Å². The van der Waals surface area contributed by atoms with E-state index < -0.39 is 0 Å². The third-order valence-electron chi connectivity index (χ3n) is 3.73. The van der Waals surface area contributed by atoms with Gasteiger partial charge in [-0.2, -0.15) is 4.98 Å². The molecule has 1 aliphatic rings. The van der Waals surface area contributed by atoms with Gasteiger partial charge in [-0.15, -0.1) is 12.4 Å². The Balaban J connectivity index is 0.00000225. The number of carbonyl (C=O) groups is 1. The molecule has 0 radical (unpaired) electrons. The summed E-state index contributed by atoms with van der Waals surface area (Å²) in [6.45, 7) is 3.82. The average Bonchev–Trinajstić information content (AvgIpc) is 3.06. The van der Waals surface area contributed by atoms with Crippen molar-refractivity contribution in [1.82, 2.24) is 20.8 Å². The third-order valence-corrected chi connectivity index (χ3v) is 3.98. The fourth-order valence-electron chi connectivity index (χ4n) is 2.46. The summed E-state index contributed by atoms with van der Waals surface area (Å²) in [5.74, 6) is 0.745. The zero-order valence-corrected chi connectivity index (χ0v) is 15.3. The molecule has 2 aromatic rings. The summed E-state index contributed by atoms with van der Waals surface area (Å²) < 4.78 is 10.6. The van der Waals surface area contributed by atoms with Gasteiger partial charge in [0.1, 0.15) is 0 Å². The Hall–Kier alpha value is -1.67. The number of rotatable bonds is 5. The Morgan fingerprint density at radius 3 is 2.88 bits per heavy atom. The molecule has 0 saturated carbocycles. The molecule has 7 nitrogen and oxygen atoms in total. The van der Waals surface area contributed by atoms with E-state index in [1.165, 1.54) is 0 Å². The van der Waals surface area contributed by atoms with E-state index >= 15 is 0 Å². The number of nitrogens with zero attached hydrogens (tertiary/aromatic N) is 2. The molecule has 1 aromatic carbocycles. The van der Waals surface area contributed by atoms with Crippen LogP contribution in [0.1, 0.15) is 25.2 Å². The van der Waals surface area contributed by atoms with E-state index in [4.69, 9.17) is 20.9 Å². The number of halogens is 2. The van der Waals surface area contributed by atoms with E-state index in [-0.39, 0.29) is 30.4 Å². The predicted octanol–water partition coefficient (Wildman–Crippen LogP) is 2.37. The molecule has 9 heteroatoms. The Bertz CT molecular complexity index is 687. The largest absolute Gasteiger partial charge is 0.378 e. The van der Waals surface area contributed by atoms with E-state index in [2.05, 4.69) is 20.8 Å². The monoisotopic (exact) mass is 386 g/mol. The van der Waals surface area contributed by atoms with Crippen LogP contribution in [0.4, 0.5) is 0 Å². The van der Waals surface area contributed by atoms with Crippen LogP contribution in [0.25, 0.3) is 11.5 Å². The molecule has 2 N–H and O–H groups in total. The summed E-state index contributed by atoms with van der Waals surface area (Å²) in [5.41, 5.74) is 0.778. The first kappa shape index (κ1) is 19.7. The lowest BCUT2D eigenvalue weighted by molar-refractivity contribution is -0.123. The number of nitrogens with one attached hydrogen (secondary N) is 2. The highest BCUT2D eigenvalue weighted by atomic mass is 35.5. The van der Waals surface area contributed by atoms with Crippen LogP contribution >= 0.6 is 24.0 Å². The minimum atomic E-state index is -0.341. The molecule has 0 spiro atoms. The molecule has 1 aliphatic heterocycles. The van der Waals surface area contributed by atoms with Crippen molar-refractivity contribution < 1.29 is 14.1 Å². The maximum Gasteiger partial charge on any atom is 0.257 e. The Morgan fingerprint density at radius 2 is 2.20 bits per heavy atom. The molecule has 2 atom stereocenters. The lowest BCUT2D eigenvalue weighted by atomic mass is 10.2. The highest BCUT2D eigenvalue weighted by molar-refractivity contribution is 6.30. The first-order valence-corrected chi connectivity index (χ1v) is 8.19. The molecule has 1 saturated heterocycles. The molecule has 0 aliphatic carbocycles. The molecular weight excluding hydrogens is 367 g/mol. The van der Waals surface area contributed by atoms with Gasteiger partial charge >= 0.3 is 0 Å². The zero-order chi connectivity index (χ0) is 16.9. The smallest absolute Gasteiger partial charge is 0.257 e. The van der Waals surface area contributed by atoms with E-state index in [0.29, 0.717) is 36.4 Å². The van der Waals surface area contributed by atoms with Gasteiger partial charge in [-0.3, -0.25) is 4.79 Å². The van der Waals surface area contributed by atoms with Gasteiger partial charge in [-0.25, -0.2) is 0 Å². The number of amides is 1. The van der Waals surface area contributed by atoms with E-state index in [1.54, 1.807) is 24.3 Å². The van der Waals surface area contributed by atoms with Crippen LogP contribution in [-0.2, 0) is 9.53 Å². The van der Waals surface area contributed by atoms with Crippen LogP contribution in [0.5, 0.6) is 0 Å². The van der Waals surface area contributed by atoms with Crippen molar-refractivity contribution in [3.8, 4) is 11.5 Å². The van der Waals surface area contributed by atoms with Gasteiger partial charge < -0.3 is 19.9 Å².